The summed E-state index contributed by atoms with van der Waals surface area (Å²) >= 11 is 5.95. The second kappa shape index (κ2) is 12.2. The molecule has 1 aliphatic heterocycles. The quantitative estimate of drug-likeness (QED) is 0.377. The van der Waals surface area contributed by atoms with E-state index >= 15 is 0 Å². The number of hydrogen-bond acceptors (Lipinski definition) is 5. The topological polar surface area (TPSA) is 118 Å². The second-order valence-corrected chi connectivity index (χ2v) is 13.5. The molecule has 41 heavy (non-hydrogen) atoms. The summed E-state index contributed by atoms with van der Waals surface area (Å²) in [6.45, 7) is 2.69. The van der Waals surface area contributed by atoms with Gasteiger partial charge >= 0.3 is 6.03 Å². The molecule has 2 aromatic carbocycles. The Bertz CT molecular complexity index is 1440. The number of fused-ring (bicyclic) bond motifs is 1. The number of carbonyl (C=O) groups is 1. The summed E-state index contributed by atoms with van der Waals surface area (Å²) in [6.07, 6.45) is 5.20. The molecule has 3 aliphatic rings. The highest BCUT2D eigenvalue weighted by atomic mass is 35.5. The third kappa shape index (κ3) is 6.84. The lowest BCUT2D eigenvalue weighted by Gasteiger charge is -2.37. The van der Waals surface area contributed by atoms with Crippen LogP contribution in [0.4, 0.5) is 14.9 Å². The van der Waals surface area contributed by atoms with Crippen LogP contribution in [0.25, 0.3) is 0 Å². The van der Waals surface area contributed by atoms with Crippen molar-refractivity contribution in [1.82, 2.24) is 19.2 Å². The average molecular weight is 603 g/mol. The standard InChI is InChI=1S/C29H36ClFN6O3S/c1-33-41(39,40)35-24-9-13-36(19-24)11-3-12-37(28(38)34-23-6-7-27(31)26(30)16-23)25-8-10-29(17-22(29)15-25)21-5-2-4-20(14-21)18-32/h2,4-7,14,16,22,24-25,33,35H,3,8-13,15,17,19H2,1H3,(H,34,38)/t22?,24?,25-,29+/m1/s1. The molecule has 9 nitrogen and oxygen atoms in total. The summed E-state index contributed by atoms with van der Waals surface area (Å²) in [4.78, 5) is 17.7. The highest BCUT2D eigenvalue weighted by molar-refractivity contribution is 7.87. The molecule has 3 N–H and O–H groups in total. The fraction of sp³-hybridized carbons (Fsp3) is 0.517. The van der Waals surface area contributed by atoms with Gasteiger partial charge in [-0.25, -0.2) is 13.9 Å². The van der Waals surface area contributed by atoms with E-state index in [0.717, 1.165) is 51.6 Å². The number of carbonyl (C=O) groups excluding carboxylic acids is 1. The van der Waals surface area contributed by atoms with E-state index < -0.39 is 16.0 Å². The Kier molecular flexibility index (Phi) is 8.87. The van der Waals surface area contributed by atoms with Gasteiger partial charge in [0.15, 0.2) is 0 Å². The molecule has 1 saturated heterocycles. The van der Waals surface area contributed by atoms with Gasteiger partial charge in [-0.15, -0.1) is 0 Å². The number of nitrogens with one attached hydrogen (secondary N) is 3. The van der Waals surface area contributed by atoms with Crippen molar-refractivity contribution in [2.75, 3.05) is 38.5 Å². The predicted octanol–water partition coefficient (Wildman–Crippen LogP) is 4.21. The van der Waals surface area contributed by atoms with Crippen molar-refractivity contribution in [3.63, 3.8) is 0 Å². The van der Waals surface area contributed by atoms with E-state index in [1.54, 1.807) is 0 Å². The molecule has 12 heteroatoms. The normalized spacial score (nSPS) is 25.8. The molecule has 2 aliphatic carbocycles. The molecular formula is C29H36ClFN6O3S. The smallest absolute Gasteiger partial charge is 0.321 e. The summed E-state index contributed by atoms with van der Waals surface area (Å²) in [6, 6.07) is 14.0. The van der Waals surface area contributed by atoms with Crippen molar-refractivity contribution < 1.29 is 17.6 Å². The van der Waals surface area contributed by atoms with Crippen LogP contribution in [0.5, 0.6) is 0 Å². The Balaban J connectivity index is 1.23. The molecule has 0 spiro atoms. The molecule has 3 fully saturated rings. The van der Waals surface area contributed by atoms with Gasteiger partial charge in [0.25, 0.3) is 10.2 Å². The van der Waals surface area contributed by atoms with E-state index in [4.69, 9.17) is 11.6 Å². The number of benzene rings is 2. The lowest BCUT2D eigenvalue weighted by Crippen LogP contribution is -2.46. The first-order valence-corrected chi connectivity index (χ1v) is 15.9. The zero-order valence-electron chi connectivity index (χ0n) is 23.1. The number of urea groups is 1. The van der Waals surface area contributed by atoms with E-state index in [1.165, 1.54) is 30.8 Å². The van der Waals surface area contributed by atoms with Gasteiger partial charge < -0.3 is 15.1 Å². The van der Waals surface area contributed by atoms with Crippen LogP contribution in [0.3, 0.4) is 0 Å². The van der Waals surface area contributed by atoms with Gasteiger partial charge in [0.05, 0.1) is 16.7 Å². The molecule has 0 bridgehead atoms. The van der Waals surface area contributed by atoms with Crippen LogP contribution < -0.4 is 14.8 Å². The number of amides is 2. The molecule has 1 heterocycles. The molecule has 5 rings (SSSR count). The zero-order valence-corrected chi connectivity index (χ0v) is 24.6. The van der Waals surface area contributed by atoms with Gasteiger partial charge in [-0.1, -0.05) is 23.7 Å². The molecule has 2 saturated carbocycles. The Morgan fingerprint density at radius 3 is 2.83 bits per heavy atom. The minimum Gasteiger partial charge on any atom is -0.321 e. The number of anilines is 1. The average Bonchev–Trinajstić information content (AvgIpc) is 3.55. The van der Waals surface area contributed by atoms with Crippen LogP contribution in [0, 0.1) is 23.1 Å². The summed E-state index contributed by atoms with van der Waals surface area (Å²) in [7, 11) is -2.10. The van der Waals surface area contributed by atoms with Crippen molar-refractivity contribution >= 4 is 33.5 Å². The van der Waals surface area contributed by atoms with Crippen molar-refractivity contribution in [3.05, 3.63) is 64.4 Å². The molecule has 0 radical (unpaired) electrons. The van der Waals surface area contributed by atoms with Crippen molar-refractivity contribution in [1.29, 1.82) is 5.26 Å². The lowest BCUT2D eigenvalue weighted by atomic mass is 9.80. The highest BCUT2D eigenvalue weighted by Gasteiger charge is 2.58. The number of nitrogens with zero attached hydrogens (tertiary/aromatic N) is 3. The number of hydrogen-bond donors (Lipinski definition) is 3. The Labute approximate surface area is 246 Å². The summed E-state index contributed by atoms with van der Waals surface area (Å²) in [5, 5.41) is 12.2. The minimum atomic E-state index is -3.49. The largest absolute Gasteiger partial charge is 0.322 e. The van der Waals surface area contributed by atoms with E-state index in [-0.39, 0.29) is 28.6 Å². The van der Waals surface area contributed by atoms with Gasteiger partial charge in [0.1, 0.15) is 5.82 Å². The minimum absolute atomic E-state index is 0.0492. The molecule has 2 aromatic rings. The molecule has 0 aromatic heterocycles. The Hall–Kier alpha value is -2.75. The van der Waals surface area contributed by atoms with Crippen LogP contribution >= 0.6 is 11.6 Å². The number of rotatable bonds is 10. The van der Waals surface area contributed by atoms with Gasteiger partial charge in [0.2, 0.25) is 0 Å². The molecule has 4 atom stereocenters. The maximum atomic E-state index is 13.7. The molecular weight excluding hydrogens is 567 g/mol. The third-order valence-corrected chi connectivity index (χ3v) is 10.4. The van der Waals surface area contributed by atoms with Crippen LogP contribution in [0.15, 0.2) is 42.5 Å². The van der Waals surface area contributed by atoms with Crippen LogP contribution in [-0.4, -0.2) is 69.6 Å². The number of halogens is 2. The maximum Gasteiger partial charge on any atom is 0.322 e. The van der Waals surface area contributed by atoms with E-state index in [0.29, 0.717) is 30.3 Å². The first-order chi connectivity index (χ1) is 19.6. The summed E-state index contributed by atoms with van der Waals surface area (Å²) in [5.74, 6) is -0.0921. The molecule has 2 amide bonds. The predicted molar refractivity (Wildman–Crippen MR) is 156 cm³/mol. The maximum absolute atomic E-state index is 13.7. The first kappa shape index (κ1) is 29.7. The lowest BCUT2D eigenvalue weighted by molar-refractivity contribution is 0.155. The number of nitriles is 1. The van der Waals surface area contributed by atoms with Gasteiger partial charge in [-0.3, -0.25) is 0 Å². The van der Waals surface area contributed by atoms with Gasteiger partial charge in [-0.05, 0) is 98.8 Å². The first-order valence-electron chi connectivity index (χ1n) is 14.1. The number of likely N-dealkylation sites (tertiary alicyclic amines) is 1. The van der Waals surface area contributed by atoms with Crippen molar-refractivity contribution in [2.45, 2.75) is 56.0 Å². The zero-order chi connectivity index (χ0) is 29.2. The third-order valence-electron chi connectivity index (χ3n) is 8.89. The SMILES string of the molecule is CNS(=O)(=O)NC1CCN(CCCN(C(=O)Nc2ccc(F)c(Cl)c2)[C@@H]2CC[C@@]3(c4cccc(C#N)c4)CC3C2)C1. The highest BCUT2D eigenvalue weighted by Crippen LogP contribution is 2.62. The van der Waals surface area contributed by atoms with E-state index in [9.17, 15) is 22.9 Å². The van der Waals surface area contributed by atoms with Crippen molar-refractivity contribution in [3.8, 4) is 6.07 Å². The molecule has 220 valence electrons. The van der Waals surface area contributed by atoms with Crippen LogP contribution in [0.1, 0.15) is 49.7 Å². The fourth-order valence-electron chi connectivity index (χ4n) is 6.64. The Morgan fingerprint density at radius 2 is 2.10 bits per heavy atom. The van der Waals surface area contributed by atoms with E-state index in [1.807, 2.05) is 23.1 Å². The van der Waals surface area contributed by atoms with Gasteiger partial charge in [0, 0.05) is 37.9 Å². The Morgan fingerprint density at radius 1 is 1.27 bits per heavy atom. The molecule has 2 unspecified atom stereocenters. The fourth-order valence-corrected chi connectivity index (χ4v) is 7.57. The summed E-state index contributed by atoms with van der Waals surface area (Å²) in [5.41, 5.74) is 2.41. The van der Waals surface area contributed by atoms with Gasteiger partial charge in [-0.2, -0.15) is 18.4 Å². The van der Waals surface area contributed by atoms with Crippen LogP contribution in [-0.2, 0) is 15.6 Å². The van der Waals surface area contributed by atoms with Crippen molar-refractivity contribution in [2.24, 2.45) is 5.92 Å². The van der Waals surface area contributed by atoms with E-state index in [2.05, 4.69) is 31.8 Å². The van der Waals surface area contributed by atoms with Crippen LogP contribution in [0.2, 0.25) is 5.02 Å². The second-order valence-electron chi connectivity index (χ2n) is 11.4. The monoisotopic (exact) mass is 602 g/mol. The summed E-state index contributed by atoms with van der Waals surface area (Å²) < 4.78 is 42.3.